The summed E-state index contributed by atoms with van der Waals surface area (Å²) in [7, 11) is 0. The third kappa shape index (κ3) is 3.77. The Morgan fingerprint density at radius 2 is 1.97 bits per heavy atom. The van der Waals surface area contributed by atoms with Crippen LogP contribution >= 0.6 is 0 Å². The summed E-state index contributed by atoms with van der Waals surface area (Å²) in [5.74, 6) is 2.16. The lowest BCUT2D eigenvalue weighted by atomic mass is 9.96. The molecule has 3 aromatic rings. The van der Waals surface area contributed by atoms with Crippen molar-refractivity contribution in [3.05, 3.63) is 42.5 Å². The van der Waals surface area contributed by atoms with Gasteiger partial charge < -0.3 is 14.4 Å². The summed E-state index contributed by atoms with van der Waals surface area (Å²) in [6, 6.07) is 9.97. The number of piperidine rings is 1. The Morgan fingerprint density at radius 3 is 2.81 bits per heavy atom. The lowest BCUT2D eigenvalue weighted by Crippen LogP contribution is -2.45. The topological polar surface area (TPSA) is 67.2 Å². The summed E-state index contributed by atoms with van der Waals surface area (Å²) in [6.07, 6.45) is 8.14. The molecule has 7 heteroatoms. The number of amides is 1. The van der Waals surface area contributed by atoms with E-state index in [-0.39, 0.29) is 11.8 Å². The first-order chi connectivity index (χ1) is 15.3. The maximum atomic E-state index is 13.4. The minimum Gasteiger partial charge on any atom is -0.354 e. The van der Waals surface area contributed by atoms with E-state index in [1.165, 1.54) is 19.3 Å². The second-order valence-electron chi connectivity index (χ2n) is 8.56. The van der Waals surface area contributed by atoms with Crippen LogP contribution in [0.2, 0.25) is 0 Å². The van der Waals surface area contributed by atoms with Crippen molar-refractivity contribution < 1.29 is 4.79 Å². The van der Waals surface area contributed by atoms with Crippen LogP contribution in [-0.2, 0) is 17.8 Å². The molecular weight excluding hydrogens is 388 g/mol. The predicted molar refractivity (Wildman–Crippen MR) is 122 cm³/mol. The zero-order valence-electron chi connectivity index (χ0n) is 18.2. The highest BCUT2D eigenvalue weighted by Gasteiger charge is 2.31. The van der Waals surface area contributed by atoms with Gasteiger partial charge in [-0.15, -0.1) is 0 Å². The number of aromatic nitrogens is 4. The number of benzene rings is 1. The number of hydrogen-bond donors (Lipinski definition) is 0. The number of fused-ring (bicyclic) bond motifs is 3. The molecule has 0 radical (unpaired) electrons. The van der Waals surface area contributed by atoms with Crippen LogP contribution in [0.1, 0.15) is 44.9 Å². The van der Waals surface area contributed by atoms with Crippen molar-refractivity contribution in [3.63, 3.8) is 0 Å². The Balaban J connectivity index is 1.42. The molecular formula is C24H30N6O. The van der Waals surface area contributed by atoms with E-state index in [1.54, 1.807) is 6.33 Å². The Labute approximate surface area is 183 Å². The van der Waals surface area contributed by atoms with Gasteiger partial charge in [-0.05, 0) is 44.7 Å². The van der Waals surface area contributed by atoms with Gasteiger partial charge in [0, 0.05) is 38.3 Å². The first kappa shape index (κ1) is 20.0. The zero-order valence-corrected chi connectivity index (χ0v) is 18.2. The number of imidazole rings is 1. The average Bonchev–Trinajstić information content (AvgIpc) is 3.01. The number of hydrogen-bond acceptors (Lipinski definition) is 5. The summed E-state index contributed by atoms with van der Waals surface area (Å²) in [6.45, 7) is 5.26. The van der Waals surface area contributed by atoms with Gasteiger partial charge in [0.1, 0.15) is 12.2 Å². The Morgan fingerprint density at radius 1 is 1.10 bits per heavy atom. The monoisotopic (exact) mass is 418 g/mol. The van der Waals surface area contributed by atoms with Crippen molar-refractivity contribution in [1.82, 2.24) is 19.5 Å². The molecule has 1 unspecified atom stereocenters. The van der Waals surface area contributed by atoms with E-state index < -0.39 is 0 Å². The van der Waals surface area contributed by atoms with E-state index in [0.717, 1.165) is 60.8 Å². The highest BCUT2D eigenvalue weighted by Crippen LogP contribution is 2.30. The maximum absolute atomic E-state index is 13.4. The van der Waals surface area contributed by atoms with Gasteiger partial charge in [-0.2, -0.15) is 0 Å². The maximum Gasteiger partial charge on any atom is 0.231 e. The van der Waals surface area contributed by atoms with Crippen LogP contribution < -0.4 is 9.80 Å². The van der Waals surface area contributed by atoms with Crippen LogP contribution in [0.5, 0.6) is 0 Å². The Bertz CT molecular complexity index is 1060. The summed E-state index contributed by atoms with van der Waals surface area (Å²) >= 11 is 0. The van der Waals surface area contributed by atoms with Crippen LogP contribution in [-0.4, -0.2) is 45.1 Å². The fourth-order valence-corrected chi connectivity index (χ4v) is 5.02. The van der Waals surface area contributed by atoms with E-state index >= 15 is 0 Å². The molecule has 1 aromatic carbocycles. The molecule has 0 N–H and O–H groups in total. The minimum atomic E-state index is -0.0423. The van der Waals surface area contributed by atoms with E-state index in [2.05, 4.69) is 19.4 Å². The SMILES string of the molecule is CCN(C(=O)C1CCCN(c2ncnc3c2nc2n3CCCCC2)C1)c1ccccc1. The minimum absolute atomic E-state index is 0.0423. The number of aryl methyl sites for hydroxylation is 2. The molecule has 4 heterocycles. The van der Waals surface area contributed by atoms with Crippen LogP contribution in [0.25, 0.3) is 11.2 Å². The molecule has 0 spiro atoms. The lowest BCUT2D eigenvalue weighted by molar-refractivity contribution is -0.122. The molecule has 1 atom stereocenters. The summed E-state index contributed by atoms with van der Waals surface area (Å²) in [5.41, 5.74) is 2.80. The summed E-state index contributed by atoms with van der Waals surface area (Å²) in [4.78, 5) is 31.7. The van der Waals surface area contributed by atoms with Crippen molar-refractivity contribution >= 4 is 28.6 Å². The lowest BCUT2D eigenvalue weighted by Gasteiger charge is -2.35. The third-order valence-electron chi connectivity index (χ3n) is 6.59. The second-order valence-corrected chi connectivity index (χ2v) is 8.56. The molecule has 162 valence electrons. The third-order valence-corrected chi connectivity index (χ3v) is 6.59. The van der Waals surface area contributed by atoms with Gasteiger partial charge in [0.25, 0.3) is 0 Å². The van der Waals surface area contributed by atoms with E-state index in [9.17, 15) is 4.79 Å². The highest BCUT2D eigenvalue weighted by molar-refractivity contribution is 5.95. The predicted octanol–water partition coefficient (Wildman–Crippen LogP) is 3.82. The van der Waals surface area contributed by atoms with Crippen molar-refractivity contribution in [3.8, 4) is 0 Å². The number of carbonyl (C=O) groups is 1. The molecule has 1 fully saturated rings. The standard InChI is InChI=1S/C24H30N6O/c1-2-29(19-11-5-3-6-12-19)24(31)18-10-9-14-28(16-18)22-21-23(26-17-25-22)30-15-8-4-7-13-20(30)27-21/h3,5-6,11-12,17-18H,2,4,7-10,13-16H2,1H3. The van der Waals surface area contributed by atoms with Gasteiger partial charge in [0.05, 0.1) is 5.92 Å². The molecule has 1 amide bonds. The number of rotatable bonds is 4. The largest absolute Gasteiger partial charge is 0.354 e. The van der Waals surface area contributed by atoms with E-state index in [0.29, 0.717) is 13.1 Å². The highest BCUT2D eigenvalue weighted by atomic mass is 16.2. The molecule has 5 rings (SSSR count). The van der Waals surface area contributed by atoms with Crippen molar-refractivity contribution in [1.29, 1.82) is 0 Å². The fourth-order valence-electron chi connectivity index (χ4n) is 5.02. The smallest absolute Gasteiger partial charge is 0.231 e. The molecule has 2 aliphatic heterocycles. The van der Waals surface area contributed by atoms with Crippen LogP contribution in [0.4, 0.5) is 11.5 Å². The summed E-state index contributed by atoms with van der Waals surface area (Å²) in [5, 5.41) is 0. The van der Waals surface area contributed by atoms with Gasteiger partial charge in [-0.1, -0.05) is 24.6 Å². The van der Waals surface area contributed by atoms with Crippen LogP contribution in [0.15, 0.2) is 36.7 Å². The molecule has 0 saturated carbocycles. The van der Waals surface area contributed by atoms with Crippen LogP contribution in [0.3, 0.4) is 0 Å². The van der Waals surface area contributed by atoms with E-state index in [4.69, 9.17) is 4.98 Å². The van der Waals surface area contributed by atoms with Crippen LogP contribution in [0, 0.1) is 5.92 Å². The van der Waals surface area contributed by atoms with E-state index in [1.807, 2.05) is 42.2 Å². The average molecular weight is 419 g/mol. The fraction of sp³-hybridized carbons (Fsp3) is 0.500. The molecule has 0 aliphatic carbocycles. The molecule has 7 nitrogen and oxygen atoms in total. The zero-order chi connectivity index (χ0) is 21.2. The van der Waals surface area contributed by atoms with Gasteiger partial charge in [0.15, 0.2) is 17.0 Å². The number of para-hydroxylation sites is 1. The van der Waals surface area contributed by atoms with Crippen molar-refractivity contribution in [2.45, 2.75) is 52.0 Å². The van der Waals surface area contributed by atoms with Crippen molar-refractivity contribution in [2.24, 2.45) is 5.92 Å². The molecule has 2 aliphatic rings. The Kier molecular flexibility index (Phi) is 5.57. The number of carbonyl (C=O) groups excluding carboxylic acids is 1. The second kappa shape index (κ2) is 8.65. The number of anilines is 2. The first-order valence-corrected chi connectivity index (χ1v) is 11.6. The molecule has 0 bridgehead atoms. The van der Waals surface area contributed by atoms with Gasteiger partial charge in [-0.3, -0.25) is 4.79 Å². The molecule has 31 heavy (non-hydrogen) atoms. The normalized spacial score (nSPS) is 19.1. The van der Waals surface area contributed by atoms with Crippen molar-refractivity contribution in [2.75, 3.05) is 29.4 Å². The first-order valence-electron chi connectivity index (χ1n) is 11.6. The molecule has 2 aromatic heterocycles. The summed E-state index contributed by atoms with van der Waals surface area (Å²) < 4.78 is 2.27. The quantitative estimate of drug-likeness (QED) is 0.644. The van der Waals surface area contributed by atoms with Gasteiger partial charge in [0.2, 0.25) is 5.91 Å². The van der Waals surface area contributed by atoms with Gasteiger partial charge in [-0.25, -0.2) is 15.0 Å². The Hall–Kier alpha value is -2.96. The number of nitrogens with zero attached hydrogens (tertiary/aromatic N) is 6. The molecule has 1 saturated heterocycles. The van der Waals surface area contributed by atoms with Gasteiger partial charge >= 0.3 is 0 Å².